The van der Waals surface area contributed by atoms with Gasteiger partial charge < -0.3 is 30.0 Å². The lowest BCUT2D eigenvalue weighted by Crippen LogP contribution is -2.53. The number of carboxylic acid groups (broad SMARTS) is 1. The first kappa shape index (κ1) is 30.4. The molecule has 3 aromatic carbocycles. The van der Waals surface area contributed by atoms with Crippen molar-refractivity contribution >= 4 is 29.9 Å². The maximum absolute atomic E-state index is 13.1. The number of carboxylic acids is 1. The zero-order valence-electron chi connectivity index (χ0n) is 22.1. The lowest BCUT2D eigenvalue weighted by Gasteiger charge is -2.21. The number of alkyl carbamates (subject to hydrolysis) is 1. The van der Waals surface area contributed by atoms with Gasteiger partial charge in [-0.3, -0.25) is 14.4 Å². The number of hydrogen-bond acceptors (Lipinski definition) is 8. The van der Waals surface area contributed by atoms with Crippen molar-refractivity contribution in [1.29, 1.82) is 0 Å². The van der Waals surface area contributed by atoms with Gasteiger partial charge in [-0.25, -0.2) is 9.59 Å². The molecule has 3 N–H and O–H groups in total. The van der Waals surface area contributed by atoms with Gasteiger partial charge in [-0.15, -0.1) is 0 Å². The van der Waals surface area contributed by atoms with Crippen molar-refractivity contribution in [3.8, 4) is 0 Å². The molecule has 0 bridgehead atoms. The van der Waals surface area contributed by atoms with Crippen LogP contribution in [0, 0.1) is 0 Å². The van der Waals surface area contributed by atoms with Gasteiger partial charge in [0, 0.05) is 0 Å². The van der Waals surface area contributed by atoms with Crippen molar-refractivity contribution in [3.63, 3.8) is 0 Å². The van der Waals surface area contributed by atoms with Crippen LogP contribution in [0.15, 0.2) is 91.0 Å². The molecule has 3 rings (SSSR count). The molecule has 41 heavy (non-hydrogen) atoms. The van der Waals surface area contributed by atoms with E-state index in [1.54, 1.807) is 91.0 Å². The average Bonchev–Trinajstić information content (AvgIpc) is 2.98. The summed E-state index contributed by atoms with van der Waals surface area (Å²) in [5, 5.41) is 13.9. The Kier molecular flexibility index (Phi) is 11.9. The Labute approximate surface area is 236 Å². The number of carbonyl (C=O) groups is 5. The van der Waals surface area contributed by atoms with Crippen molar-refractivity contribution in [2.24, 2.45) is 0 Å². The summed E-state index contributed by atoms with van der Waals surface area (Å²) in [4.78, 5) is 62.3. The summed E-state index contributed by atoms with van der Waals surface area (Å²) in [5.41, 5.74) is 2.05. The van der Waals surface area contributed by atoms with E-state index in [0.717, 1.165) is 0 Å². The van der Waals surface area contributed by atoms with Crippen LogP contribution in [0.25, 0.3) is 0 Å². The molecule has 11 nitrogen and oxygen atoms in total. The van der Waals surface area contributed by atoms with Crippen LogP contribution in [0.1, 0.15) is 29.5 Å². The third-order valence-electron chi connectivity index (χ3n) is 5.64. The van der Waals surface area contributed by atoms with Crippen LogP contribution in [0.2, 0.25) is 0 Å². The van der Waals surface area contributed by atoms with E-state index >= 15 is 0 Å². The molecular formula is C30H30N2O9. The highest BCUT2D eigenvalue weighted by Gasteiger charge is 2.31. The predicted molar refractivity (Wildman–Crippen MR) is 145 cm³/mol. The van der Waals surface area contributed by atoms with Gasteiger partial charge in [-0.05, 0) is 16.7 Å². The first-order chi connectivity index (χ1) is 19.8. The highest BCUT2D eigenvalue weighted by atomic mass is 16.6. The van der Waals surface area contributed by atoms with Crippen LogP contribution in [-0.4, -0.2) is 47.1 Å². The van der Waals surface area contributed by atoms with Gasteiger partial charge in [0.15, 0.2) is 0 Å². The van der Waals surface area contributed by atoms with Gasteiger partial charge in [-0.1, -0.05) is 91.0 Å². The summed E-state index contributed by atoms with van der Waals surface area (Å²) < 4.78 is 15.6. The lowest BCUT2D eigenvalue weighted by molar-refractivity contribution is -0.153. The van der Waals surface area contributed by atoms with Crippen LogP contribution in [-0.2, 0) is 53.2 Å². The number of ether oxygens (including phenoxy) is 3. The molecule has 0 aliphatic rings. The van der Waals surface area contributed by atoms with Crippen LogP contribution >= 0.6 is 0 Å². The molecule has 0 aliphatic heterocycles. The minimum Gasteiger partial charge on any atom is -0.481 e. The summed E-state index contributed by atoms with van der Waals surface area (Å²) in [5.74, 6) is -4.19. The van der Waals surface area contributed by atoms with Crippen molar-refractivity contribution in [1.82, 2.24) is 10.6 Å². The molecule has 0 spiro atoms. The van der Waals surface area contributed by atoms with Crippen LogP contribution in [0.4, 0.5) is 4.79 Å². The van der Waals surface area contributed by atoms with E-state index in [9.17, 15) is 29.1 Å². The predicted octanol–water partition coefficient (Wildman–Crippen LogP) is 3.12. The molecule has 214 valence electrons. The summed E-state index contributed by atoms with van der Waals surface area (Å²) >= 11 is 0. The Balaban J connectivity index is 1.66. The molecule has 0 saturated heterocycles. The summed E-state index contributed by atoms with van der Waals surface area (Å²) in [7, 11) is 0. The third-order valence-corrected chi connectivity index (χ3v) is 5.64. The van der Waals surface area contributed by atoms with Gasteiger partial charge in [-0.2, -0.15) is 0 Å². The first-order valence-corrected chi connectivity index (χ1v) is 12.7. The quantitative estimate of drug-likeness (QED) is 0.198. The Morgan fingerprint density at radius 3 is 1.54 bits per heavy atom. The third kappa shape index (κ3) is 11.2. The largest absolute Gasteiger partial charge is 0.481 e. The molecule has 0 heterocycles. The zero-order chi connectivity index (χ0) is 29.5. The molecule has 0 fully saturated rings. The smallest absolute Gasteiger partial charge is 0.408 e. The molecule has 3 aromatic rings. The number of hydrogen-bond donors (Lipinski definition) is 3. The van der Waals surface area contributed by atoms with Gasteiger partial charge in [0.05, 0.1) is 12.8 Å². The van der Waals surface area contributed by atoms with Gasteiger partial charge in [0.2, 0.25) is 5.91 Å². The van der Waals surface area contributed by atoms with E-state index in [2.05, 4.69) is 10.6 Å². The molecule has 2 atom stereocenters. The number of nitrogens with one attached hydrogen (secondary N) is 2. The van der Waals surface area contributed by atoms with Crippen LogP contribution in [0.3, 0.4) is 0 Å². The zero-order valence-corrected chi connectivity index (χ0v) is 22.1. The summed E-state index contributed by atoms with van der Waals surface area (Å²) in [6, 6.07) is 23.1. The number of rotatable bonds is 14. The fourth-order valence-corrected chi connectivity index (χ4v) is 3.55. The van der Waals surface area contributed by atoms with E-state index in [1.807, 2.05) is 0 Å². The van der Waals surface area contributed by atoms with Crippen molar-refractivity contribution in [2.45, 2.75) is 44.7 Å². The van der Waals surface area contributed by atoms with E-state index in [4.69, 9.17) is 14.2 Å². The molecule has 0 radical (unpaired) electrons. The first-order valence-electron chi connectivity index (χ1n) is 12.7. The number of carbonyl (C=O) groups excluding carboxylic acids is 4. The van der Waals surface area contributed by atoms with Crippen molar-refractivity contribution in [3.05, 3.63) is 108 Å². The Hall–Kier alpha value is -5.19. The second kappa shape index (κ2) is 16.0. The fourth-order valence-electron chi connectivity index (χ4n) is 3.55. The van der Waals surface area contributed by atoms with E-state index in [1.165, 1.54) is 0 Å². The maximum Gasteiger partial charge on any atom is 0.408 e. The minimum absolute atomic E-state index is 0.0695. The van der Waals surface area contributed by atoms with Crippen LogP contribution in [0.5, 0.6) is 0 Å². The SMILES string of the molecule is O=C(O)C[C@H](NC(=O)[C@@H](CC(=O)OCc1ccccc1)NC(=O)OCc1ccccc1)C(=O)OCc1ccccc1. The molecular weight excluding hydrogens is 532 g/mol. The van der Waals surface area contributed by atoms with Crippen LogP contribution < -0.4 is 10.6 Å². The van der Waals surface area contributed by atoms with Crippen molar-refractivity contribution in [2.75, 3.05) is 0 Å². The van der Waals surface area contributed by atoms with Crippen molar-refractivity contribution < 1.29 is 43.3 Å². The Morgan fingerprint density at radius 2 is 1.05 bits per heavy atom. The molecule has 0 saturated carbocycles. The molecule has 0 aromatic heterocycles. The normalized spacial score (nSPS) is 11.8. The number of esters is 2. The van der Waals surface area contributed by atoms with E-state index in [-0.39, 0.29) is 19.8 Å². The van der Waals surface area contributed by atoms with E-state index < -0.39 is 54.8 Å². The molecule has 0 unspecified atom stereocenters. The Bertz CT molecular complexity index is 1240. The Morgan fingerprint density at radius 1 is 0.585 bits per heavy atom. The second-order valence-corrected chi connectivity index (χ2v) is 8.86. The van der Waals surface area contributed by atoms with Gasteiger partial charge in [0.25, 0.3) is 0 Å². The topological polar surface area (TPSA) is 157 Å². The van der Waals surface area contributed by atoms with E-state index in [0.29, 0.717) is 16.7 Å². The summed E-state index contributed by atoms with van der Waals surface area (Å²) in [6.07, 6.45) is -2.41. The minimum atomic E-state index is -1.59. The number of aliphatic carboxylic acids is 1. The maximum atomic E-state index is 13.1. The lowest BCUT2D eigenvalue weighted by atomic mass is 10.1. The summed E-state index contributed by atoms with van der Waals surface area (Å²) in [6.45, 7) is -0.322. The molecule has 0 aliphatic carbocycles. The molecule has 11 heteroatoms. The average molecular weight is 563 g/mol. The van der Waals surface area contributed by atoms with Gasteiger partial charge >= 0.3 is 24.0 Å². The molecule has 2 amide bonds. The monoisotopic (exact) mass is 562 g/mol. The standard InChI is InChI=1S/C30H30N2O9/c33-26(34)16-25(29(37)40-19-22-12-6-2-7-13-22)31-28(36)24(17-27(35)39-18-21-10-4-1-5-11-21)32-30(38)41-20-23-14-8-3-9-15-23/h1-15,24-25H,16-20H2,(H,31,36)(H,32,38)(H,33,34)/t24-,25+/m1/s1. The highest BCUT2D eigenvalue weighted by molar-refractivity contribution is 5.93. The highest BCUT2D eigenvalue weighted by Crippen LogP contribution is 2.08. The second-order valence-electron chi connectivity index (χ2n) is 8.86. The fraction of sp³-hybridized carbons (Fsp3) is 0.233. The number of benzene rings is 3. The number of amides is 2. The van der Waals surface area contributed by atoms with Gasteiger partial charge in [0.1, 0.15) is 31.9 Å².